The molecular weight excluding hydrogens is 370 g/mol. The first-order chi connectivity index (χ1) is 10.9. The van der Waals surface area contributed by atoms with Gasteiger partial charge in [-0.2, -0.15) is 0 Å². The van der Waals surface area contributed by atoms with E-state index in [2.05, 4.69) is 40.1 Å². The van der Waals surface area contributed by atoms with E-state index < -0.39 is 8.07 Å². The van der Waals surface area contributed by atoms with Crippen molar-refractivity contribution >= 4 is 41.2 Å². The lowest BCUT2D eigenvalue weighted by Gasteiger charge is -2.17. The summed E-state index contributed by atoms with van der Waals surface area (Å²) in [5.41, 5.74) is 4.53. The number of fused-ring (bicyclic) bond motifs is 3. The smallest absolute Gasteiger partial charge is 0.152 e. The molecule has 0 radical (unpaired) electrons. The summed E-state index contributed by atoms with van der Waals surface area (Å²) in [6.45, 7) is 8.43. The standard InChI is InChI=1S/C18H24BrNO2Si/c1-23(2,3)10-9-22-12-20-16-6-4-5-14(16)17-15(19)8-7-13(11-21)18(17)20/h7-8,11H,4-6,9-10,12H2,1-3H3. The normalized spacial score (nSPS) is 14.4. The SMILES string of the molecule is C[Si](C)(C)CCOCn1c2c(c3c(Br)ccc(C=O)c31)CCC2. The van der Waals surface area contributed by atoms with Crippen molar-refractivity contribution in [2.24, 2.45) is 0 Å². The number of carbonyl (C=O) groups excluding carboxylic acids is 1. The molecule has 0 N–H and O–H groups in total. The monoisotopic (exact) mass is 393 g/mol. The number of ether oxygens (including phenoxy) is 1. The van der Waals surface area contributed by atoms with Gasteiger partial charge in [-0.3, -0.25) is 4.79 Å². The number of halogens is 1. The minimum absolute atomic E-state index is 0.549. The summed E-state index contributed by atoms with van der Waals surface area (Å²) in [7, 11) is -1.08. The molecule has 1 aliphatic rings. The molecule has 0 saturated heterocycles. The molecule has 0 fully saturated rings. The minimum Gasteiger partial charge on any atom is -0.361 e. The molecule has 5 heteroatoms. The Morgan fingerprint density at radius 3 is 2.78 bits per heavy atom. The number of aryl methyl sites for hydroxylation is 1. The lowest BCUT2D eigenvalue weighted by molar-refractivity contribution is 0.0885. The van der Waals surface area contributed by atoms with Crippen LogP contribution in [-0.4, -0.2) is 25.5 Å². The third-order valence-corrected chi connectivity index (χ3v) is 6.95. The van der Waals surface area contributed by atoms with Gasteiger partial charge in [-0.25, -0.2) is 0 Å². The Bertz CT molecular complexity index is 746. The van der Waals surface area contributed by atoms with E-state index in [1.165, 1.54) is 29.1 Å². The van der Waals surface area contributed by atoms with Gasteiger partial charge in [0.15, 0.2) is 6.29 Å². The van der Waals surface area contributed by atoms with Crippen LogP contribution in [0.2, 0.25) is 25.7 Å². The maximum absolute atomic E-state index is 11.5. The largest absolute Gasteiger partial charge is 0.361 e. The molecule has 1 aromatic heterocycles. The number of carbonyl (C=O) groups is 1. The van der Waals surface area contributed by atoms with E-state index in [-0.39, 0.29) is 0 Å². The number of benzene rings is 1. The number of aromatic nitrogens is 1. The van der Waals surface area contributed by atoms with E-state index >= 15 is 0 Å². The second-order valence-electron chi connectivity index (χ2n) is 7.53. The number of nitrogens with zero attached hydrogens (tertiary/aromatic N) is 1. The van der Waals surface area contributed by atoms with Crippen LogP contribution in [0, 0.1) is 0 Å². The van der Waals surface area contributed by atoms with Crippen molar-refractivity contribution in [1.29, 1.82) is 0 Å². The average molecular weight is 394 g/mol. The van der Waals surface area contributed by atoms with Gasteiger partial charge < -0.3 is 9.30 Å². The zero-order valence-electron chi connectivity index (χ0n) is 14.1. The molecule has 0 saturated carbocycles. The van der Waals surface area contributed by atoms with Crippen molar-refractivity contribution in [3.8, 4) is 0 Å². The number of rotatable bonds is 6. The predicted molar refractivity (Wildman–Crippen MR) is 101 cm³/mol. The topological polar surface area (TPSA) is 31.2 Å². The number of hydrogen-bond donors (Lipinski definition) is 0. The van der Waals surface area contributed by atoms with Gasteiger partial charge in [-0.15, -0.1) is 0 Å². The van der Waals surface area contributed by atoms with Gasteiger partial charge >= 0.3 is 0 Å². The molecule has 23 heavy (non-hydrogen) atoms. The summed E-state index contributed by atoms with van der Waals surface area (Å²) in [5.74, 6) is 0. The summed E-state index contributed by atoms with van der Waals surface area (Å²) < 4.78 is 9.31. The number of aldehydes is 1. The molecule has 1 aromatic carbocycles. The van der Waals surface area contributed by atoms with Crippen LogP contribution in [0.5, 0.6) is 0 Å². The van der Waals surface area contributed by atoms with Crippen molar-refractivity contribution in [2.75, 3.05) is 6.61 Å². The molecule has 0 bridgehead atoms. The van der Waals surface area contributed by atoms with E-state index in [1.54, 1.807) is 0 Å². The maximum Gasteiger partial charge on any atom is 0.152 e. The molecule has 0 amide bonds. The summed E-state index contributed by atoms with van der Waals surface area (Å²) >= 11 is 3.67. The molecule has 0 aliphatic heterocycles. The van der Waals surface area contributed by atoms with E-state index in [4.69, 9.17) is 4.74 Å². The second kappa shape index (κ2) is 6.53. The predicted octanol–water partition coefficient (Wildman–Crippen LogP) is 5.02. The highest BCUT2D eigenvalue weighted by atomic mass is 79.9. The first-order valence-electron chi connectivity index (χ1n) is 8.28. The highest BCUT2D eigenvalue weighted by molar-refractivity contribution is 9.10. The van der Waals surface area contributed by atoms with Crippen molar-refractivity contribution < 1.29 is 9.53 Å². The van der Waals surface area contributed by atoms with Crippen LogP contribution in [-0.2, 0) is 24.3 Å². The van der Waals surface area contributed by atoms with Crippen LogP contribution in [0.15, 0.2) is 16.6 Å². The van der Waals surface area contributed by atoms with E-state index in [0.717, 1.165) is 41.3 Å². The summed E-state index contributed by atoms with van der Waals surface area (Å²) in [6, 6.07) is 5.05. The molecule has 1 heterocycles. The lowest BCUT2D eigenvalue weighted by Crippen LogP contribution is -2.22. The van der Waals surface area contributed by atoms with Crippen LogP contribution in [0.1, 0.15) is 28.0 Å². The fourth-order valence-electron chi connectivity index (χ4n) is 3.36. The summed E-state index contributed by atoms with van der Waals surface area (Å²) in [4.78, 5) is 11.5. The van der Waals surface area contributed by atoms with Crippen molar-refractivity contribution in [1.82, 2.24) is 4.57 Å². The molecule has 124 valence electrons. The quantitative estimate of drug-likeness (QED) is 0.392. The lowest BCUT2D eigenvalue weighted by atomic mass is 10.1. The minimum atomic E-state index is -1.08. The summed E-state index contributed by atoms with van der Waals surface area (Å²) in [6.07, 6.45) is 4.32. The maximum atomic E-state index is 11.5. The Labute approximate surface area is 147 Å². The van der Waals surface area contributed by atoms with Crippen LogP contribution >= 0.6 is 15.9 Å². The third-order valence-electron chi connectivity index (χ3n) is 4.59. The van der Waals surface area contributed by atoms with E-state index in [9.17, 15) is 4.79 Å². The molecule has 0 spiro atoms. The summed E-state index contributed by atoms with van der Waals surface area (Å²) in [5, 5.41) is 1.20. The van der Waals surface area contributed by atoms with Gasteiger partial charge in [0.2, 0.25) is 0 Å². The van der Waals surface area contributed by atoms with Crippen molar-refractivity contribution in [2.45, 2.75) is 51.7 Å². The molecule has 2 aromatic rings. The Balaban J connectivity index is 1.96. The van der Waals surface area contributed by atoms with Gasteiger partial charge in [0.1, 0.15) is 6.73 Å². The Kier molecular flexibility index (Phi) is 4.81. The van der Waals surface area contributed by atoms with Gasteiger partial charge in [0, 0.05) is 35.8 Å². The second-order valence-corrected chi connectivity index (χ2v) is 14.0. The zero-order valence-corrected chi connectivity index (χ0v) is 16.7. The van der Waals surface area contributed by atoms with Crippen LogP contribution < -0.4 is 0 Å². The highest BCUT2D eigenvalue weighted by Crippen LogP contribution is 2.38. The molecule has 0 unspecified atom stereocenters. The molecule has 1 aliphatic carbocycles. The Hall–Kier alpha value is -0.913. The van der Waals surface area contributed by atoms with E-state index in [0.29, 0.717) is 6.73 Å². The molecular formula is C18H24BrNO2Si. The Morgan fingerprint density at radius 2 is 2.09 bits per heavy atom. The average Bonchev–Trinajstić information content (AvgIpc) is 3.05. The van der Waals surface area contributed by atoms with Gasteiger partial charge in [-0.1, -0.05) is 35.6 Å². The van der Waals surface area contributed by atoms with Crippen LogP contribution in [0.3, 0.4) is 0 Å². The molecule has 0 atom stereocenters. The molecule has 3 rings (SSSR count). The zero-order chi connectivity index (χ0) is 16.6. The third kappa shape index (κ3) is 3.32. The fourth-order valence-corrected chi connectivity index (χ4v) is 4.68. The fraction of sp³-hybridized carbons (Fsp3) is 0.500. The molecule has 3 nitrogen and oxygen atoms in total. The van der Waals surface area contributed by atoms with Gasteiger partial charge in [0.25, 0.3) is 0 Å². The van der Waals surface area contributed by atoms with Crippen molar-refractivity contribution in [3.05, 3.63) is 33.4 Å². The first kappa shape index (κ1) is 16.9. The number of hydrogen-bond acceptors (Lipinski definition) is 2. The van der Waals surface area contributed by atoms with Gasteiger partial charge in [-0.05, 0) is 43.0 Å². The van der Waals surface area contributed by atoms with Crippen LogP contribution in [0.25, 0.3) is 10.9 Å². The van der Waals surface area contributed by atoms with Gasteiger partial charge in [0.05, 0.1) is 5.52 Å². The van der Waals surface area contributed by atoms with E-state index in [1.807, 2.05) is 12.1 Å². The van der Waals surface area contributed by atoms with Crippen molar-refractivity contribution in [3.63, 3.8) is 0 Å². The van der Waals surface area contributed by atoms with Crippen LogP contribution in [0.4, 0.5) is 0 Å². The highest BCUT2D eigenvalue weighted by Gasteiger charge is 2.24. The first-order valence-corrected chi connectivity index (χ1v) is 12.8. The Morgan fingerprint density at radius 1 is 1.30 bits per heavy atom.